The number of rotatable bonds is 6. The maximum Gasteiger partial charge on any atom is 0.306 e. The largest absolute Gasteiger partial charge is 0.481 e. The Kier molecular flexibility index (Phi) is 4.85. The molecule has 1 aromatic carbocycles. The van der Waals surface area contributed by atoms with Gasteiger partial charge in [-0.05, 0) is 25.3 Å². The Morgan fingerprint density at radius 2 is 2.12 bits per heavy atom. The number of aromatic nitrogens is 1. The van der Waals surface area contributed by atoms with Crippen LogP contribution < -0.4 is 5.32 Å². The highest BCUT2D eigenvalue weighted by Gasteiger charge is 2.31. The molecule has 0 spiro atoms. The third-order valence-electron chi connectivity index (χ3n) is 4.69. The van der Waals surface area contributed by atoms with E-state index in [9.17, 15) is 9.59 Å². The van der Waals surface area contributed by atoms with Gasteiger partial charge >= 0.3 is 5.97 Å². The van der Waals surface area contributed by atoms with E-state index in [0.29, 0.717) is 38.0 Å². The minimum Gasteiger partial charge on any atom is -0.481 e. The van der Waals surface area contributed by atoms with E-state index in [1.807, 2.05) is 35.0 Å². The van der Waals surface area contributed by atoms with E-state index in [4.69, 9.17) is 9.84 Å². The van der Waals surface area contributed by atoms with Crippen LogP contribution >= 0.6 is 0 Å². The smallest absolute Gasteiger partial charge is 0.306 e. The quantitative estimate of drug-likeness (QED) is 0.851. The molecule has 0 bridgehead atoms. The molecule has 1 aliphatic carbocycles. The summed E-state index contributed by atoms with van der Waals surface area (Å²) in [7, 11) is 1.65. The van der Waals surface area contributed by atoms with Crippen molar-refractivity contribution in [2.45, 2.75) is 31.8 Å². The minimum atomic E-state index is -0.775. The SMILES string of the molecule is COCCn1cc(C(=O)N[C@H]2CC[C@@H](C(=O)O)C2)c2ccccc21. The highest BCUT2D eigenvalue weighted by Crippen LogP contribution is 2.27. The maximum absolute atomic E-state index is 12.7. The third kappa shape index (κ3) is 3.28. The van der Waals surface area contributed by atoms with Gasteiger partial charge in [0, 0.05) is 36.8 Å². The Hall–Kier alpha value is -2.34. The van der Waals surface area contributed by atoms with Crippen molar-refractivity contribution in [2.24, 2.45) is 5.92 Å². The Labute approximate surface area is 140 Å². The molecule has 0 aliphatic heterocycles. The van der Waals surface area contributed by atoms with Crippen LogP contribution in [0.25, 0.3) is 10.9 Å². The number of aliphatic carboxylic acids is 1. The first-order chi connectivity index (χ1) is 11.6. The lowest BCUT2D eigenvalue weighted by molar-refractivity contribution is -0.141. The van der Waals surface area contributed by atoms with Crippen molar-refractivity contribution in [3.05, 3.63) is 36.0 Å². The van der Waals surface area contributed by atoms with E-state index in [1.165, 1.54) is 0 Å². The topological polar surface area (TPSA) is 80.6 Å². The van der Waals surface area contributed by atoms with Gasteiger partial charge in [-0.15, -0.1) is 0 Å². The van der Waals surface area contributed by atoms with Crippen LogP contribution in [0.3, 0.4) is 0 Å². The van der Waals surface area contributed by atoms with E-state index in [0.717, 1.165) is 10.9 Å². The number of fused-ring (bicyclic) bond motifs is 1. The van der Waals surface area contributed by atoms with Gasteiger partial charge in [-0.2, -0.15) is 0 Å². The van der Waals surface area contributed by atoms with Crippen molar-refractivity contribution in [1.82, 2.24) is 9.88 Å². The summed E-state index contributed by atoms with van der Waals surface area (Å²) in [5.74, 6) is -1.26. The van der Waals surface area contributed by atoms with Crippen molar-refractivity contribution >= 4 is 22.8 Å². The number of amides is 1. The normalized spacial score (nSPS) is 20.4. The van der Waals surface area contributed by atoms with Gasteiger partial charge in [-0.1, -0.05) is 18.2 Å². The number of hydrogen-bond acceptors (Lipinski definition) is 3. The van der Waals surface area contributed by atoms with Crippen LogP contribution in [0.4, 0.5) is 0 Å². The molecular weight excluding hydrogens is 308 g/mol. The van der Waals surface area contributed by atoms with Gasteiger partial charge in [0.25, 0.3) is 5.91 Å². The number of carboxylic acids is 1. The fourth-order valence-electron chi connectivity index (χ4n) is 3.40. The molecule has 6 nitrogen and oxygen atoms in total. The molecule has 1 fully saturated rings. The van der Waals surface area contributed by atoms with Crippen molar-refractivity contribution in [3.63, 3.8) is 0 Å². The molecule has 1 aromatic heterocycles. The summed E-state index contributed by atoms with van der Waals surface area (Å²) in [5, 5.41) is 13.0. The molecule has 1 amide bonds. The molecule has 0 unspecified atom stereocenters. The van der Waals surface area contributed by atoms with Gasteiger partial charge < -0.3 is 19.7 Å². The zero-order valence-corrected chi connectivity index (χ0v) is 13.7. The second-order valence-corrected chi connectivity index (χ2v) is 6.26. The summed E-state index contributed by atoms with van der Waals surface area (Å²) in [4.78, 5) is 23.7. The van der Waals surface area contributed by atoms with Crippen LogP contribution in [0.15, 0.2) is 30.5 Å². The first kappa shape index (κ1) is 16.5. The zero-order chi connectivity index (χ0) is 17.1. The van der Waals surface area contributed by atoms with Crippen molar-refractivity contribution in [2.75, 3.05) is 13.7 Å². The predicted molar refractivity (Wildman–Crippen MR) is 90.0 cm³/mol. The van der Waals surface area contributed by atoms with Crippen LogP contribution in [-0.4, -0.2) is 41.3 Å². The van der Waals surface area contributed by atoms with Crippen LogP contribution in [0, 0.1) is 5.92 Å². The molecule has 1 heterocycles. The lowest BCUT2D eigenvalue weighted by Gasteiger charge is -2.11. The van der Waals surface area contributed by atoms with Crippen molar-refractivity contribution in [1.29, 1.82) is 0 Å². The van der Waals surface area contributed by atoms with E-state index in [2.05, 4.69) is 5.32 Å². The first-order valence-corrected chi connectivity index (χ1v) is 8.20. The predicted octanol–water partition coefficient (Wildman–Crippen LogP) is 2.27. The number of ether oxygens (including phenoxy) is 1. The van der Waals surface area contributed by atoms with Crippen molar-refractivity contribution < 1.29 is 19.4 Å². The highest BCUT2D eigenvalue weighted by molar-refractivity contribution is 6.07. The monoisotopic (exact) mass is 330 g/mol. The third-order valence-corrected chi connectivity index (χ3v) is 4.69. The molecular formula is C18H22N2O4. The van der Waals surface area contributed by atoms with Crippen molar-refractivity contribution in [3.8, 4) is 0 Å². The summed E-state index contributed by atoms with van der Waals surface area (Å²) in [5.41, 5.74) is 1.62. The Morgan fingerprint density at radius 3 is 2.83 bits per heavy atom. The number of carbonyl (C=O) groups is 2. The van der Waals surface area contributed by atoms with Gasteiger partial charge in [0.2, 0.25) is 0 Å². The number of nitrogens with zero attached hydrogens (tertiary/aromatic N) is 1. The summed E-state index contributed by atoms with van der Waals surface area (Å²) >= 11 is 0. The molecule has 128 valence electrons. The van der Waals surface area contributed by atoms with E-state index in [-0.39, 0.29) is 17.9 Å². The zero-order valence-electron chi connectivity index (χ0n) is 13.7. The van der Waals surface area contributed by atoms with E-state index < -0.39 is 5.97 Å². The fourth-order valence-corrected chi connectivity index (χ4v) is 3.40. The molecule has 6 heteroatoms. The molecule has 0 radical (unpaired) electrons. The second kappa shape index (κ2) is 7.05. The number of benzene rings is 1. The standard InChI is InChI=1S/C18H22N2O4/c1-24-9-8-20-11-15(14-4-2-3-5-16(14)20)17(21)19-13-7-6-12(10-13)18(22)23/h2-5,11-13H,6-10H2,1H3,(H,19,21)(H,22,23)/t12-,13+/m1/s1. The van der Waals surface area contributed by atoms with Crippen LogP contribution in [0.2, 0.25) is 0 Å². The highest BCUT2D eigenvalue weighted by atomic mass is 16.5. The number of nitrogens with one attached hydrogen (secondary N) is 1. The number of hydrogen-bond donors (Lipinski definition) is 2. The summed E-state index contributed by atoms with van der Waals surface area (Å²) < 4.78 is 7.15. The van der Waals surface area contributed by atoms with Gasteiger partial charge in [0.1, 0.15) is 0 Å². The molecule has 2 N–H and O–H groups in total. The molecule has 3 rings (SSSR count). The van der Waals surface area contributed by atoms with Gasteiger partial charge in [-0.25, -0.2) is 0 Å². The molecule has 24 heavy (non-hydrogen) atoms. The number of carboxylic acid groups (broad SMARTS) is 1. The molecule has 1 aliphatic rings. The average molecular weight is 330 g/mol. The van der Waals surface area contributed by atoms with E-state index >= 15 is 0 Å². The Bertz CT molecular complexity index is 753. The molecule has 0 saturated heterocycles. The van der Waals surface area contributed by atoms with Gasteiger partial charge in [0.15, 0.2) is 0 Å². The number of para-hydroxylation sites is 1. The fraction of sp³-hybridized carbons (Fsp3) is 0.444. The second-order valence-electron chi connectivity index (χ2n) is 6.26. The molecule has 2 atom stereocenters. The minimum absolute atomic E-state index is 0.0697. The van der Waals surface area contributed by atoms with Crippen LogP contribution in [0.1, 0.15) is 29.6 Å². The average Bonchev–Trinajstić information content (AvgIpc) is 3.18. The maximum atomic E-state index is 12.7. The Balaban J connectivity index is 1.78. The summed E-state index contributed by atoms with van der Waals surface area (Å²) in [6, 6.07) is 7.71. The first-order valence-electron chi connectivity index (χ1n) is 8.20. The lowest BCUT2D eigenvalue weighted by atomic mass is 10.1. The number of carbonyl (C=O) groups excluding carboxylic acids is 1. The lowest BCUT2D eigenvalue weighted by Crippen LogP contribution is -2.33. The summed E-state index contributed by atoms with van der Waals surface area (Å²) in [6.45, 7) is 1.25. The van der Waals surface area contributed by atoms with E-state index in [1.54, 1.807) is 7.11 Å². The summed E-state index contributed by atoms with van der Waals surface area (Å²) in [6.07, 6.45) is 3.69. The molecule has 1 saturated carbocycles. The van der Waals surface area contributed by atoms with Gasteiger partial charge in [-0.3, -0.25) is 9.59 Å². The molecule has 2 aromatic rings. The van der Waals surface area contributed by atoms with Gasteiger partial charge in [0.05, 0.1) is 18.1 Å². The van der Waals surface area contributed by atoms with Crippen LogP contribution in [0.5, 0.6) is 0 Å². The van der Waals surface area contributed by atoms with Crippen LogP contribution in [-0.2, 0) is 16.1 Å². The number of methoxy groups -OCH3 is 1. The Morgan fingerprint density at radius 1 is 1.33 bits per heavy atom.